The highest BCUT2D eigenvalue weighted by atomic mass is 19.1. The third-order valence-electron chi connectivity index (χ3n) is 3.78. The Kier molecular flexibility index (Phi) is 5.00. The summed E-state index contributed by atoms with van der Waals surface area (Å²) in [6, 6.07) is 6.58. The highest BCUT2D eigenvalue weighted by Gasteiger charge is 2.15. The molecule has 1 aromatic carbocycles. The first kappa shape index (κ1) is 13.3. The number of hydrogen-bond acceptors (Lipinski definition) is 2. The van der Waals surface area contributed by atoms with Gasteiger partial charge in [-0.1, -0.05) is 38.2 Å². The van der Waals surface area contributed by atoms with Crippen molar-refractivity contribution in [1.29, 1.82) is 0 Å². The van der Waals surface area contributed by atoms with Crippen molar-refractivity contribution in [1.82, 2.24) is 0 Å². The fourth-order valence-corrected chi connectivity index (χ4v) is 2.73. The summed E-state index contributed by atoms with van der Waals surface area (Å²) >= 11 is 0. The second-order valence-electron chi connectivity index (χ2n) is 5.06. The van der Waals surface area contributed by atoms with Gasteiger partial charge < -0.3 is 0 Å². The topological polar surface area (TPSA) is 12.5 Å². The molecule has 3 heteroatoms. The monoisotopic (exact) mass is 251 g/mol. The lowest BCUT2D eigenvalue weighted by Crippen LogP contribution is -2.25. The van der Waals surface area contributed by atoms with E-state index in [9.17, 15) is 4.39 Å². The molecule has 0 saturated heterocycles. The van der Waals surface area contributed by atoms with Crippen molar-refractivity contribution in [3.05, 3.63) is 30.1 Å². The van der Waals surface area contributed by atoms with Gasteiger partial charge in [-0.2, -0.15) is 0 Å². The van der Waals surface area contributed by atoms with Crippen LogP contribution >= 0.6 is 0 Å². The van der Waals surface area contributed by atoms with Crippen molar-refractivity contribution in [2.45, 2.75) is 38.5 Å². The summed E-state index contributed by atoms with van der Waals surface area (Å²) in [5.41, 5.74) is 0.799. The molecule has 1 fully saturated rings. The van der Waals surface area contributed by atoms with E-state index in [4.69, 9.17) is 4.84 Å². The van der Waals surface area contributed by atoms with Crippen molar-refractivity contribution < 1.29 is 9.23 Å². The molecular weight excluding hydrogens is 229 g/mol. The zero-order valence-corrected chi connectivity index (χ0v) is 11.1. The predicted molar refractivity (Wildman–Crippen MR) is 71.9 cm³/mol. The molecule has 0 spiro atoms. The first-order chi connectivity index (χ1) is 8.79. The average Bonchev–Trinajstić information content (AvgIpc) is 2.41. The van der Waals surface area contributed by atoms with Gasteiger partial charge in [-0.3, -0.25) is 9.90 Å². The molecule has 1 aliphatic carbocycles. The van der Waals surface area contributed by atoms with Gasteiger partial charge in [0, 0.05) is 6.54 Å². The van der Waals surface area contributed by atoms with E-state index in [1.165, 1.54) is 44.2 Å². The van der Waals surface area contributed by atoms with Gasteiger partial charge in [0.1, 0.15) is 5.82 Å². The number of nitrogens with zero attached hydrogens (tertiary/aromatic N) is 1. The zero-order valence-electron chi connectivity index (χ0n) is 11.1. The third kappa shape index (κ3) is 3.70. The minimum absolute atomic E-state index is 0.216. The number of hydroxylamine groups is 1. The molecule has 0 bridgehead atoms. The van der Waals surface area contributed by atoms with E-state index < -0.39 is 0 Å². The minimum Gasteiger partial charge on any atom is -0.277 e. The molecule has 1 aromatic rings. The maximum Gasteiger partial charge on any atom is 0.125 e. The molecule has 0 atom stereocenters. The quantitative estimate of drug-likeness (QED) is 0.728. The lowest BCUT2D eigenvalue weighted by Gasteiger charge is -2.26. The molecule has 100 valence electrons. The van der Waals surface area contributed by atoms with Gasteiger partial charge in [-0.15, -0.1) is 0 Å². The normalized spacial score (nSPS) is 16.8. The first-order valence-corrected chi connectivity index (χ1v) is 6.87. The smallest absolute Gasteiger partial charge is 0.125 e. The number of rotatable bonds is 5. The van der Waals surface area contributed by atoms with Crippen LogP contribution in [0.1, 0.15) is 38.5 Å². The van der Waals surface area contributed by atoms with E-state index in [1.54, 1.807) is 18.2 Å². The van der Waals surface area contributed by atoms with E-state index >= 15 is 0 Å². The van der Waals surface area contributed by atoms with E-state index in [0.717, 1.165) is 24.6 Å². The second-order valence-corrected chi connectivity index (χ2v) is 5.06. The Morgan fingerprint density at radius 1 is 1.28 bits per heavy atom. The summed E-state index contributed by atoms with van der Waals surface area (Å²) < 4.78 is 13.2. The highest BCUT2D eigenvalue weighted by Crippen LogP contribution is 2.27. The summed E-state index contributed by atoms with van der Waals surface area (Å²) in [5.74, 6) is 0.595. The highest BCUT2D eigenvalue weighted by molar-refractivity contribution is 5.43. The molecule has 0 aliphatic heterocycles. The minimum atomic E-state index is -0.216. The van der Waals surface area contributed by atoms with Crippen LogP contribution in [0.2, 0.25) is 0 Å². The van der Waals surface area contributed by atoms with Crippen molar-refractivity contribution in [3.8, 4) is 0 Å². The molecule has 0 radical (unpaired) electrons. The van der Waals surface area contributed by atoms with Crippen LogP contribution in [0.3, 0.4) is 0 Å². The first-order valence-electron chi connectivity index (χ1n) is 6.87. The second kappa shape index (κ2) is 6.74. The fourth-order valence-electron chi connectivity index (χ4n) is 2.73. The van der Waals surface area contributed by atoms with Crippen LogP contribution in [-0.2, 0) is 4.84 Å². The fraction of sp³-hybridized carbons (Fsp3) is 0.600. The molecule has 0 aromatic heterocycles. The van der Waals surface area contributed by atoms with Gasteiger partial charge in [0.05, 0.1) is 12.8 Å². The van der Waals surface area contributed by atoms with Crippen LogP contribution < -0.4 is 5.06 Å². The number of halogens is 1. The van der Waals surface area contributed by atoms with Crippen molar-refractivity contribution in [3.63, 3.8) is 0 Å². The van der Waals surface area contributed by atoms with Crippen LogP contribution in [-0.4, -0.2) is 13.7 Å². The Morgan fingerprint density at radius 3 is 2.72 bits per heavy atom. The Morgan fingerprint density at radius 2 is 2.06 bits per heavy atom. The van der Waals surface area contributed by atoms with Gasteiger partial charge in [0.2, 0.25) is 0 Å². The molecule has 18 heavy (non-hydrogen) atoms. The zero-order chi connectivity index (χ0) is 12.8. The molecule has 2 rings (SSSR count). The molecule has 2 nitrogen and oxygen atoms in total. The molecule has 0 unspecified atom stereocenters. The Bertz CT molecular complexity index is 363. The third-order valence-corrected chi connectivity index (χ3v) is 3.78. The summed E-state index contributed by atoms with van der Waals surface area (Å²) in [7, 11) is 1.64. The van der Waals surface area contributed by atoms with Crippen LogP contribution in [0, 0.1) is 11.7 Å². The van der Waals surface area contributed by atoms with Crippen molar-refractivity contribution >= 4 is 5.69 Å². The Labute approximate surface area is 109 Å². The molecule has 0 amide bonds. The SMILES string of the molecule is CON(CCC1CCCCC1)c1cccc(F)c1. The van der Waals surface area contributed by atoms with Gasteiger partial charge in [-0.05, 0) is 30.5 Å². The maximum absolute atomic E-state index is 13.2. The van der Waals surface area contributed by atoms with E-state index in [0.29, 0.717) is 0 Å². The largest absolute Gasteiger partial charge is 0.277 e. The Balaban J connectivity index is 1.88. The summed E-state index contributed by atoms with van der Waals surface area (Å²) in [5, 5.41) is 1.79. The number of anilines is 1. The summed E-state index contributed by atoms with van der Waals surface area (Å²) in [6.45, 7) is 0.838. The van der Waals surface area contributed by atoms with Crippen LogP contribution in [0.15, 0.2) is 24.3 Å². The average molecular weight is 251 g/mol. The molecule has 0 heterocycles. The number of benzene rings is 1. The van der Waals surface area contributed by atoms with Crippen molar-refractivity contribution in [2.24, 2.45) is 5.92 Å². The van der Waals surface area contributed by atoms with Gasteiger partial charge in [0.15, 0.2) is 0 Å². The predicted octanol–water partition coefficient (Wildman–Crippen LogP) is 4.16. The lowest BCUT2D eigenvalue weighted by molar-refractivity contribution is 0.158. The van der Waals surface area contributed by atoms with Crippen LogP contribution in [0.4, 0.5) is 10.1 Å². The van der Waals surface area contributed by atoms with Crippen LogP contribution in [0.5, 0.6) is 0 Å². The van der Waals surface area contributed by atoms with E-state index in [1.807, 2.05) is 6.07 Å². The van der Waals surface area contributed by atoms with Gasteiger partial charge >= 0.3 is 0 Å². The number of hydrogen-bond donors (Lipinski definition) is 0. The standard InChI is InChI=1S/C15H22FNO/c1-18-17(15-9-5-8-14(16)12-15)11-10-13-6-3-2-4-7-13/h5,8-9,12-13H,2-4,6-7,10-11H2,1H3. The maximum atomic E-state index is 13.2. The van der Waals surface area contributed by atoms with E-state index in [2.05, 4.69) is 0 Å². The molecule has 1 saturated carbocycles. The van der Waals surface area contributed by atoms with Gasteiger partial charge in [-0.25, -0.2) is 4.39 Å². The molecule has 0 N–H and O–H groups in total. The summed E-state index contributed by atoms with van der Waals surface area (Å²) in [4.78, 5) is 5.35. The van der Waals surface area contributed by atoms with Crippen LogP contribution in [0.25, 0.3) is 0 Å². The Hall–Kier alpha value is -1.09. The molecule has 1 aliphatic rings. The lowest BCUT2D eigenvalue weighted by atomic mass is 9.87. The van der Waals surface area contributed by atoms with Crippen molar-refractivity contribution in [2.75, 3.05) is 18.7 Å². The molecular formula is C15H22FNO. The van der Waals surface area contributed by atoms with Gasteiger partial charge in [0.25, 0.3) is 0 Å². The summed E-state index contributed by atoms with van der Waals surface area (Å²) in [6.07, 6.45) is 7.90. The van der Waals surface area contributed by atoms with E-state index in [-0.39, 0.29) is 5.82 Å².